The molecule has 0 spiro atoms. The Bertz CT molecular complexity index is 905. The summed E-state index contributed by atoms with van der Waals surface area (Å²) >= 11 is 0. The normalized spacial score (nSPS) is 9.89. The van der Waals surface area contributed by atoms with E-state index in [0.717, 1.165) is 0 Å². The van der Waals surface area contributed by atoms with E-state index < -0.39 is 84.3 Å². The smallest absolute Gasteiger partial charge is 0.860 e. The third-order valence-electron chi connectivity index (χ3n) is 3.63. The molecule has 20 heteroatoms. The first-order valence-corrected chi connectivity index (χ1v) is 9.86. The second-order valence-corrected chi connectivity index (χ2v) is 6.38. The first-order valence-electron chi connectivity index (χ1n) is 9.86. The van der Waals surface area contributed by atoms with Crippen LogP contribution in [0.25, 0.3) is 0 Å². The zero-order valence-electron chi connectivity index (χ0n) is 19.1. The molecule has 0 amide bonds. The molecule has 0 saturated carbocycles. The number of rotatable bonds is 8. The maximum atomic E-state index is 12.7. The summed E-state index contributed by atoms with van der Waals surface area (Å²) in [6, 6.07) is 0. The molecule has 1 radical (unpaired) electrons. The number of benzene rings is 2. The van der Waals surface area contributed by atoms with E-state index in [9.17, 15) is 59.0 Å². The van der Waals surface area contributed by atoms with E-state index >= 15 is 0 Å². The van der Waals surface area contributed by atoms with Crippen LogP contribution < -0.4 is 29.7 Å². The van der Waals surface area contributed by atoms with Crippen LogP contribution in [0.3, 0.4) is 0 Å². The monoisotopic (exact) mass is 656 g/mol. The van der Waals surface area contributed by atoms with Crippen LogP contribution in [0.4, 0.5) is 43.9 Å². The van der Waals surface area contributed by atoms with Crippen molar-refractivity contribution in [2.75, 3.05) is 13.1 Å². The second-order valence-electron chi connectivity index (χ2n) is 6.38. The van der Waals surface area contributed by atoms with Crippen molar-refractivity contribution >= 4 is 14.6 Å². The van der Waals surface area contributed by atoms with Gasteiger partial charge in [0.1, 0.15) is 7.32 Å². The van der Waals surface area contributed by atoms with Crippen molar-refractivity contribution in [1.29, 1.82) is 0 Å². The molecule has 0 heterocycles. The minimum Gasteiger partial charge on any atom is -0.860 e. The molecule has 0 aliphatic heterocycles. The third kappa shape index (κ3) is 10.9. The molecule has 213 valence electrons. The van der Waals surface area contributed by atoms with Gasteiger partial charge in [-0.2, -0.15) is 17.6 Å². The molecule has 2 rings (SSSR count). The molecule has 0 aliphatic carbocycles. The summed E-state index contributed by atoms with van der Waals surface area (Å²) in [5.41, 5.74) is 0. The second kappa shape index (κ2) is 18.2. The van der Waals surface area contributed by atoms with E-state index in [1.807, 2.05) is 0 Å². The molecule has 2 aromatic rings. The Morgan fingerprint density at radius 1 is 0.579 bits per heavy atom. The van der Waals surface area contributed by atoms with Crippen molar-refractivity contribution in [3.05, 3.63) is 58.2 Å². The summed E-state index contributed by atoms with van der Waals surface area (Å²) in [5, 5.41) is 41.0. The van der Waals surface area contributed by atoms with Crippen LogP contribution in [0.5, 0.6) is 11.5 Å². The van der Waals surface area contributed by atoms with Crippen molar-refractivity contribution in [3.63, 3.8) is 0 Å². The molecule has 38 heavy (non-hydrogen) atoms. The predicted octanol–water partition coefficient (Wildman–Crippen LogP) is 0.958. The predicted molar refractivity (Wildman–Crippen MR) is 101 cm³/mol. The Balaban J connectivity index is 0. The number of hydrogen-bond donors (Lipinski definition) is 2. The van der Waals surface area contributed by atoms with E-state index in [-0.39, 0.29) is 19.5 Å². The van der Waals surface area contributed by atoms with Crippen molar-refractivity contribution < 1.29 is 92.8 Å². The van der Waals surface area contributed by atoms with Gasteiger partial charge in [0.05, 0.1) is 0 Å². The van der Waals surface area contributed by atoms with Gasteiger partial charge in [0, 0.05) is 0 Å². The molecule has 0 fully saturated rings. The van der Waals surface area contributed by atoms with Crippen molar-refractivity contribution in [2.45, 2.75) is 26.7 Å². The Morgan fingerprint density at radius 3 is 1.08 bits per heavy atom. The fourth-order valence-corrected chi connectivity index (χ4v) is 2.05. The topological polar surface area (TPSA) is 120 Å². The molecule has 2 N–H and O–H groups in total. The molecule has 0 bridgehead atoms. The number of hydrogen-bond acceptors (Lipinski definition) is 7. The molecule has 0 unspecified atom stereocenters. The standard InChI is InChI=1S/C6HBF5O3.C6BF5O3.C6H15N.Ru/c2*8-1-2(9)4(11)6(15-7(13)14)5(12)3(1)10;1-3-5-7-6-4-2;/h13H;;7H,3-6H2,1-2H3;/q-1;-2;;+3. The van der Waals surface area contributed by atoms with E-state index in [1.165, 1.54) is 25.9 Å². The van der Waals surface area contributed by atoms with Crippen molar-refractivity contribution in [3.8, 4) is 11.5 Å². The maximum absolute atomic E-state index is 12.7. The molecule has 7 nitrogen and oxygen atoms in total. The van der Waals surface area contributed by atoms with Crippen LogP contribution in [-0.4, -0.2) is 32.8 Å². The fraction of sp³-hybridized carbons (Fsp3) is 0.333. The molecule has 2 aromatic carbocycles. The first kappa shape index (κ1) is 38.0. The van der Waals surface area contributed by atoms with Gasteiger partial charge in [-0.05, 0) is 25.9 Å². The van der Waals surface area contributed by atoms with Crippen LogP contribution in [0.1, 0.15) is 26.7 Å². The van der Waals surface area contributed by atoms with Gasteiger partial charge >= 0.3 is 26.8 Å². The van der Waals surface area contributed by atoms with Gasteiger partial charge in [0.15, 0.2) is 11.5 Å². The third-order valence-corrected chi connectivity index (χ3v) is 3.63. The summed E-state index contributed by atoms with van der Waals surface area (Å²) in [4.78, 5) is 0. The molecule has 0 aromatic heterocycles. The quantitative estimate of drug-likeness (QED) is 0.143. The SMILES string of the molecule is CCCNCCC.[O-]B(O)Oc1c(F)c(F)c(F)c(F)c1F.[O-]B([O-])Oc1c(F)c(F)c(F)c(F)c1F.[Ru+3]. The molecule has 0 aliphatic rings. The molecule has 0 saturated heterocycles. The Morgan fingerprint density at radius 2 is 0.842 bits per heavy atom. The van der Waals surface area contributed by atoms with Crippen molar-refractivity contribution in [1.82, 2.24) is 5.32 Å². The maximum Gasteiger partial charge on any atom is 3.00 e. The Hall–Kier alpha value is -2.11. The summed E-state index contributed by atoms with van der Waals surface area (Å²) in [7, 11) is -6.14. The van der Waals surface area contributed by atoms with Crippen molar-refractivity contribution in [2.24, 2.45) is 0 Å². The van der Waals surface area contributed by atoms with Gasteiger partial charge in [-0.1, -0.05) is 13.8 Å². The van der Waals surface area contributed by atoms with Crippen LogP contribution >= 0.6 is 0 Å². The van der Waals surface area contributed by atoms with E-state index in [1.54, 1.807) is 0 Å². The van der Waals surface area contributed by atoms with Gasteiger partial charge in [-0.25, -0.2) is 26.3 Å². The molecule has 0 atom stereocenters. The number of halogens is 10. The van der Waals surface area contributed by atoms with E-state index in [2.05, 4.69) is 28.5 Å². The number of nitrogens with one attached hydrogen (secondary N) is 1. The molecular weight excluding hydrogens is 639 g/mol. The zero-order chi connectivity index (χ0) is 29.0. The van der Waals surface area contributed by atoms with Crippen LogP contribution in [-0.2, 0) is 19.5 Å². The minimum atomic E-state index is -3.20. The summed E-state index contributed by atoms with van der Waals surface area (Å²) in [5.74, 6) is -26.9. The van der Waals surface area contributed by atoms with Gasteiger partial charge in [0.25, 0.3) is 0 Å². The summed E-state index contributed by atoms with van der Waals surface area (Å²) in [6.45, 7) is 6.72. The van der Waals surface area contributed by atoms with Gasteiger partial charge < -0.3 is 34.7 Å². The first-order chi connectivity index (χ1) is 17.1. The summed E-state index contributed by atoms with van der Waals surface area (Å²) < 4.78 is 132. The van der Waals surface area contributed by atoms with Gasteiger partial charge in [0.2, 0.25) is 58.2 Å². The van der Waals surface area contributed by atoms with Crippen LogP contribution in [0.2, 0.25) is 0 Å². The van der Waals surface area contributed by atoms with Gasteiger partial charge in [-0.15, -0.1) is 0 Å². The van der Waals surface area contributed by atoms with Gasteiger partial charge in [-0.3, -0.25) is 0 Å². The summed E-state index contributed by atoms with van der Waals surface area (Å²) in [6.07, 6.45) is 2.50. The largest absolute Gasteiger partial charge is 3.00 e. The average Bonchev–Trinajstić information content (AvgIpc) is 2.85. The van der Waals surface area contributed by atoms with E-state index in [0.29, 0.717) is 0 Å². The minimum absolute atomic E-state index is 0. The van der Waals surface area contributed by atoms with Crippen LogP contribution in [0.15, 0.2) is 0 Å². The molecular formula is C18H16B2F10NO6Ru. The zero-order valence-corrected chi connectivity index (χ0v) is 20.8. The Labute approximate surface area is 222 Å². The average molecular weight is 655 g/mol. The fourth-order valence-electron chi connectivity index (χ4n) is 2.05. The van der Waals surface area contributed by atoms with E-state index in [4.69, 9.17) is 5.02 Å². The van der Waals surface area contributed by atoms with Crippen LogP contribution in [0, 0.1) is 58.2 Å². The Kier molecular flexibility index (Phi) is 18.2.